The largest absolute Gasteiger partial charge is 0.492 e. The standard InChI is InChI=1S/C42H63N5O3.ClH/c1-3-46(4-2)31-33-50-40-21-19-38(20-22-40)42(37-16-9-6-10-17-37)41(36-14-7-5-8-15-36)18-11-32-49-35-39(48)34-47-29-13-25-44-27-26-43-23-12-24-45-28-30-47;/h5-10,14-17,19-22,39,43-45,48H,3-4,11-13,18,23-35H2,1-2H3;1H. The highest BCUT2D eigenvalue weighted by Crippen LogP contribution is 2.35. The summed E-state index contributed by atoms with van der Waals surface area (Å²) in [4.78, 5) is 4.74. The average Bonchev–Trinajstić information content (AvgIpc) is 3.15. The van der Waals surface area contributed by atoms with E-state index >= 15 is 0 Å². The van der Waals surface area contributed by atoms with Gasteiger partial charge < -0.3 is 35.4 Å². The minimum absolute atomic E-state index is 0. The summed E-state index contributed by atoms with van der Waals surface area (Å²) < 4.78 is 12.2. The van der Waals surface area contributed by atoms with Crippen LogP contribution in [-0.2, 0) is 4.74 Å². The van der Waals surface area contributed by atoms with E-state index in [1.807, 2.05) is 0 Å². The number of hydrogen-bond acceptors (Lipinski definition) is 8. The second kappa shape index (κ2) is 26.0. The Balaban J connectivity index is 0.00000702. The monoisotopic (exact) mass is 721 g/mol. The van der Waals surface area contributed by atoms with Gasteiger partial charge in [0.05, 0.1) is 12.7 Å². The Morgan fingerprint density at radius 1 is 0.725 bits per heavy atom. The molecule has 0 spiro atoms. The molecule has 1 saturated heterocycles. The van der Waals surface area contributed by atoms with Gasteiger partial charge in [-0.05, 0) is 105 Å². The maximum Gasteiger partial charge on any atom is 0.119 e. The van der Waals surface area contributed by atoms with Crippen LogP contribution in [0.15, 0.2) is 84.9 Å². The first kappa shape index (κ1) is 42.6. The number of nitrogens with one attached hydrogen (secondary N) is 3. The van der Waals surface area contributed by atoms with Crippen LogP contribution in [0, 0.1) is 0 Å². The zero-order chi connectivity index (χ0) is 35.1. The molecule has 3 aromatic carbocycles. The molecular formula is C42H64ClN5O3. The number of aliphatic hydroxyl groups excluding tert-OH is 1. The Bertz CT molecular complexity index is 1310. The van der Waals surface area contributed by atoms with E-state index in [1.54, 1.807) is 0 Å². The Kier molecular flexibility index (Phi) is 21.8. The summed E-state index contributed by atoms with van der Waals surface area (Å²) in [6.07, 6.45) is 3.39. The molecule has 9 heteroatoms. The van der Waals surface area contributed by atoms with Crippen LogP contribution in [-0.4, -0.2) is 119 Å². The van der Waals surface area contributed by atoms with Gasteiger partial charge in [0.2, 0.25) is 0 Å². The van der Waals surface area contributed by atoms with Crippen molar-refractivity contribution in [1.29, 1.82) is 0 Å². The van der Waals surface area contributed by atoms with Crippen molar-refractivity contribution >= 4 is 23.6 Å². The van der Waals surface area contributed by atoms with Crippen molar-refractivity contribution in [2.75, 3.05) is 98.4 Å². The number of ether oxygens (including phenoxy) is 2. The van der Waals surface area contributed by atoms with Gasteiger partial charge in [0.1, 0.15) is 12.4 Å². The van der Waals surface area contributed by atoms with Crippen molar-refractivity contribution in [3.8, 4) is 5.75 Å². The minimum atomic E-state index is -0.511. The minimum Gasteiger partial charge on any atom is -0.492 e. The molecular weight excluding hydrogens is 658 g/mol. The summed E-state index contributed by atoms with van der Waals surface area (Å²) in [5, 5.41) is 21.5. The smallest absolute Gasteiger partial charge is 0.119 e. The number of rotatable bonds is 17. The number of benzene rings is 3. The predicted molar refractivity (Wildman–Crippen MR) is 216 cm³/mol. The van der Waals surface area contributed by atoms with Gasteiger partial charge in [0, 0.05) is 45.9 Å². The number of allylic oxidation sites excluding steroid dienone is 1. The van der Waals surface area contributed by atoms with Crippen LogP contribution < -0.4 is 20.7 Å². The van der Waals surface area contributed by atoms with Gasteiger partial charge in [-0.2, -0.15) is 0 Å². The predicted octanol–water partition coefficient (Wildman–Crippen LogP) is 5.81. The van der Waals surface area contributed by atoms with Gasteiger partial charge in [-0.3, -0.25) is 4.90 Å². The van der Waals surface area contributed by atoms with E-state index in [1.165, 1.54) is 27.8 Å². The molecule has 8 nitrogen and oxygen atoms in total. The third-order valence-electron chi connectivity index (χ3n) is 9.31. The van der Waals surface area contributed by atoms with E-state index < -0.39 is 6.10 Å². The Labute approximate surface area is 314 Å². The van der Waals surface area contributed by atoms with Crippen molar-refractivity contribution in [2.24, 2.45) is 0 Å². The van der Waals surface area contributed by atoms with Crippen molar-refractivity contribution < 1.29 is 14.6 Å². The molecule has 282 valence electrons. The van der Waals surface area contributed by atoms with E-state index in [4.69, 9.17) is 9.47 Å². The van der Waals surface area contributed by atoms with Crippen LogP contribution in [0.4, 0.5) is 0 Å². The van der Waals surface area contributed by atoms with Gasteiger partial charge in [-0.1, -0.05) is 86.6 Å². The first-order chi connectivity index (χ1) is 24.7. The maximum absolute atomic E-state index is 10.9. The number of hydrogen-bond donors (Lipinski definition) is 4. The highest BCUT2D eigenvalue weighted by molar-refractivity contribution is 5.98. The summed E-state index contributed by atoms with van der Waals surface area (Å²) in [6, 6.07) is 30.0. The van der Waals surface area contributed by atoms with Crippen LogP contribution in [0.2, 0.25) is 0 Å². The first-order valence-electron chi connectivity index (χ1n) is 19.1. The van der Waals surface area contributed by atoms with Crippen LogP contribution in [0.5, 0.6) is 5.75 Å². The summed E-state index contributed by atoms with van der Waals surface area (Å²) >= 11 is 0. The van der Waals surface area contributed by atoms with E-state index in [-0.39, 0.29) is 12.4 Å². The zero-order valence-corrected chi connectivity index (χ0v) is 32.0. The molecule has 0 amide bonds. The fraction of sp³-hybridized carbons (Fsp3) is 0.524. The normalized spacial score (nSPS) is 16.5. The van der Waals surface area contributed by atoms with Gasteiger partial charge in [-0.25, -0.2) is 0 Å². The SMILES string of the molecule is CCN(CC)CCOc1ccc(C(=C(CCCOCC(O)CN2CCCNCCNCCCNCC2)c2ccccc2)c2ccccc2)cc1.Cl. The number of β-amino-alcohol motifs (C(OH)–C–C–N with tert-alkyl or cyclic N) is 1. The zero-order valence-electron chi connectivity index (χ0n) is 31.2. The van der Waals surface area contributed by atoms with Crippen LogP contribution in [0.1, 0.15) is 56.2 Å². The van der Waals surface area contributed by atoms with Gasteiger partial charge in [0.15, 0.2) is 0 Å². The molecule has 4 rings (SSSR count). The lowest BCUT2D eigenvalue weighted by Crippen LogP contribution is -2.41. The third kappa shape index (κ3) is 16.2. The van der Waals surface area contributed by atoms with Gasteiger partial charge in [-0.15, -0.1) is 12.4 Å². The molecule has 0 saturated carbocycles. The lowest BCUT2D eigenvalue weighted by Gasteiger charge is -2.25. The third-order valence-corrected chi connectivity index (χ3v) is 9.31. The molecule has 3 aromatic rings. The van der Waals surface area contributed by atoms with Crippen molar-refractivity contribution in [1.82, 2.24) is 25.8 Å². The van der Waals surface area contributed by atoms with Crippen molar-refractivity contribution in [3.63, 3.8) is 0 Å². The van der Waals surface area contributed by atoms with Crippen molar-refractivity contribution in [3.05, 3.63) is 102 Å². The summed E-state index contributed by atoms with van der Waals surface area (Å²) in [6.45, 7) is 17.5. The molecule has 0 radical (unpaired) electrons. The van der Waals surface area contributed by atoms with Gasteiger partial charge in [0.25, 0.3) is 0 Å². The second-order valence-corrected chi connectivity index (χ2v) is 13.1. The molecule has 0 bridgehead atoms. The number of halogens is 1. The highest BCUT2D eigenvalue weighted by Gasteiger charge is 2.16. The topological polar surface area (TPSA) is 81.3 Å². The molecule has 1 fully saturated rings. The van der Waals surface area contributed by atoms with E-state index in [9.17, 15) is 5.11 Å². The van der Waals surface area contributed by atoms with Crippen LogP contribution >= 0.6 is 12.4 Å². The molecule has 0 aromatic heterocycles. The number of likely N-dealkylation sites (N-methyl/N-ethyl adjacent to an activating group) is 1. The second-order valence-electron chi connectivity index (χ2n) is 13.1. The summed E-state index contributed by atoms with van der Waals surface area (Å²) in [5.41, 5.74) is 6.09. The van der Waals surface area contributed by atoms with E-state index in [2.05, 4.69) is 125 Å². The number of aliphatic hydroxyl groups is 1. The highest BCUT2D eigenvalue weighted by atomic mass is 35.5. The Morgan fingerprint density at radius 2 is 1.33 bits per heavy atom. The molecule has 4 N–H and O–H groups in total. The lowest BCUT2D eigenvalue weighted by molar-refractivity contribution is 0.0162. The maximum atomic E-state index is 10.9. The van der Waals surface area contributed by atoms with E-state index in [0.717, 1.165) is 103 Å². The fourth-order valence-corrected chi connectivity index (χ4v) is 6.49. The van der Waals surface area contributed by atoms with Gasteiger partial charge >= 0.3 is 0 Å². The Morgan fingerprint density at radius 3 is 2.00 bits per heavy atom. The summed E-state index contributed by atoms with van der Waals surface area (Å²) in [5.74, 6) is 0.894. The first-order valence-corrected chi connectivity index (χ1v) is 19.1. The lowest BCUT2D eigenvalue weighted by atomic mass is 9.87. The molecule has 1 unspecified atom stereocenters. The molecule has 1 aliphatic rings. The van der Waals surface area contributed by atoms with Crippen molar-refractivity contribution in [2.45, 2.75) is 45.6 Å². The summed E-state index contributed by atoms with van der Waals surface area (Å²) in [7, 11) is 0. The van der Waals surface area contributed by atoms with Crippen LogP contribution in [0.25, 0.3) is 11.1 Å². The average molecular weight is 722 g/mol. The molecule has 51 heavy (non-hydrogen) atoms. The molecule has 0 aliphatic carbocycles. The van der Waals surface area contributed by atoms with Crippen LogP contribution in [0.3, 0.4) is 0 Å². The molecule has 1 atom stereocenters. The molecule has 1 heterocycles. The quantitative estimate of drug-likeness (QED) is 0.103. The molecule has 1 aliphatic heterocycles. The van der Waals surface area contributed by atoms with E-state index in [0.29, 0.717) is 26.4 Å². The Hall–Kier alpha value is -2.79. The fourth-order valence-electron chi connectivity index (χ4n) is 6.49. The number of nitrogens with zero attached hydrogens (tertiary/aromatic N) is 2.